The van der Waals surface area contributed by atoms with Gasteiger partial charge in [-0.25, -0.2) is 9.78 Å². The van der Waals surface area contributed by atoms with Crippen molar-refractivity contribution in [1.82, 2.24) is 15.2 Å². The van der Waals surface area contributed by atoms with E-state index in [0.29, 0.717) is 6.54 Å². The van der Waals surface area contributed by atoms with Crippen LogP contribution in [0, 0.1) is 12.8 Å². The van der Waals surface area contributed by atoms with E-state index in [-0.39, 0.29) is 12.6 Å². The number of aryl methyl sites for hydroxylation is 1. The standard InChI is InChI=1S/C11H17N3O3S/c1-7(10(15)16)6-14(3)11(17)13-5-9-12-4-8(2)18-9/h4,7H,5-6H2,1-3H3,(H,13,17)(H,15,16). The molecule has 2 N–H and O–H groups in total. The third-order valence-corrected chi connectivity index (χ3v) is 3.29. The Labute approximate surface area is 110 Å². The quantitative estimate of drug-likeness (QED) is 0.846. The number of hydrogen-bond acceptors (Lipinski definition) is 4. The highest BCUT2D eigenvalue weighted by Gasteiger charge is 2.17. The van der Waals surface area contributed by atoms with Crippen LogP contribution in [0.25, 0.3) is 0 Å². The van der Waals surface area contributed by atoms with Gasteiger partial charge in [0.15, 0.2) is 0 Å². The number of carboxylic acids is 1. The van der Waals surface area contributed by atoms with Gasteiger partial charge in [0.25, 0.3) is 0 Å². The average molecular weight is 271 g/mol. The van der Waals surface area contributed by atoms with Crippen LogP contribution in [0.15, 0.2) is 6.20 Å². The van der Waals surface area contributed by atoms with E-state index in [4.69, 9.17) is 5.11 Å². The molecule has 0 fully saturated rings. The zero-order valence-electron chi connectivity index (χ0n) is 10.6. The molecule has 0 aromatic carbocycles. The summed E-state index contributed by atoms with van der Waals surface area (Å²) in [5.74, 6) is -1.49. The molecule has 0 aliphatic heterocycles. The molecule has 1 atom stereocenters. The van der Waals surface area contributed by atoms with Crippen LogP contribution in [0.1, 0.15) is 16.8 Å². The van der Waals surface area contributed by atoms with Crippen molar-refractivity contribution in [2.24, 2.45) is 5.92 Å². The fraction of sp³-hybridized carbons (Fsp3) is 0.545. The van der Waals surface area contributed by atoms with Crippen molar-refractivity contribution in [2.75, 3.05) is 13.6 Å². The molecule has 1 aromatic rings. The molecule has 2 amide bonds. The minimum absolute atomic E-state index is 0.179. The molecule has 0 aliphatic rings. The molecule has 18 heavy (non-hydrogen) atoms. The molecule has 0 aliphatic carbocycles. The molecular formula is C11H17N3O3S. The SMILES string of the molecule is Cc1cnc(CNC(=O)N(C)CC(C)C(=O)O)s1. The predicted octanol–water partition coefficient (Wildman–Crippen LogP) is 1.31. The molecule has 0 saturated carbocycles. The number of aromatic nitrogens is 1. The topological polar surface area (TPSA) is 82.5 Å². The van der Waals surface area contributed by atoms with Crippen LogP contribution in [-0.4, -0.2) is 40.6 Å². The van der Waals surface area contributed by atoms with Gasteiger partial charge in [0.2, 0.25) is 0 Å². The van der Waals surface area contributed by atoms with Gasteiger partial charge in [0.1, 0.15) is 5.01 Å². The van der Waals surface area contributed by atoms with Crippen LogP contribution in [0.3, 0.4) is 0 Å². The van der Waals surface area contributed by atoms with Gasteiger partial charge in [-0.05, 0) is 6.92 Å². The fourth-order valence-corrected chi connectivity index (χ4v) is 2.07. The van der Waals surface area contributed by atoms with Crippen LogP contribution >= 0.6 is 11.3 Å². The summed E-state index contributed by atoms with van der Waals surface area (Å²) in [7, 11) is 1.57. The number of carbonyl (C=O) groups is 2. The highest BCUT2D eigenvalue weighted by Crippen LogP contribution is 2.10. The zero-order valence-corrected chi connectivity index (χ0v) is 11.5. The number of nitrogens with zero attached hydrogens (tertiary/aromatic N) is 2. The molecule has 0 radical (unpaired) electrons. The van der Waals surface area contributed by atoms with Crippen molar-refractivity contribution in [2.45, 2.75) is 20.4 Å². The average Bonchev–Trinajstić information content (AvgIpc) is 2.71. The fourth-order valence-electron chi connectivity index (χ4n) is 1.34. The van der Waals surface area contributed by atoms with Gasteiger partial charge in [-0.15, -0.1) is 11.3 Å². The maximum atomic E-state index is 11.7. The largest absolute Gasteiger partial charge is 0.481 e. The molecule has 0 spiro atoms. The second-order valence-electron chi connectivity index (χ2n) is 4.14. The highest BCUT2D eigenvalue weighted by atomic mass is 32.1. The Morgan fingerprint density at radius 1 is 1.61 bits per heavy atom. The highest BCUT2D eigenvalue weighted by molar-refractivity contribution is 7.11. The van der Waals surface area contributed by atoms with Crippen molar-refractivity contribution in [3.05, 3.63) is 16.1 Å². The monoisotopic (exact) mass is 271 g/mol. The summed E-state index contributed by atoms with van der Waals surface area (Å²) >= 11 is 1.52. The predicted molar refractivity (Wildman–Crippen MR) is 68.5 cm³/mol. The lowest BCUT2D eigenvalue weighted by Gasteiger charge is -2.19. The third kappa shape index (κ3) is 4.33. The first-order valence-corrected chi connectivity index (χ1v) is 6.35. The lowest BCUT2D eigenvalue weighted by atomic mass is 10.2. The molecule has 1 heterocycles. The van der Waals surface area contributed by atoms with E-state index in [9.17, 15) is 9.59 Å². The van der Waals surface area contributed by atoms with Crippen molar-refractivity contribution < 1.29 is 14.7 Å². The van der Waals surface area contributed by atoms with Gasteiger partial charge in [-0.3, -0.25) is 4.79 Å². The minimum Gasteiger partial charge on any atom is -0.481 e. The number of urea groups is 1. The Morgan fingerprint density at radius 2 is 2.28 bits per heavy atom. The number of amides is 2. The van der Waals surface area contributed by atoms with Crippen molar-refractivity contribution in [1.29, 1.82) is 0 Å². The van der Waals surface area contributed by atoms with Crippen molar-refractivity contribution in [3.63, 3.8) is 0 Å². The van der Waals surface area contributed by atoms with Gasteiger partial charge in [-0.1, -0.05) is 6.92 Å². The Hall–Kier alpha value is -1.63. The normalized spacial score (nSPS) is 11.9. The van der Waals surface area contributed by atoms with Crippen LogP contribution in [0.2, 0.25) is 0 Å². The second-order valence-corrected chi connectivity index (χ2v) is 5.46. The van der Waals surface area contributed by atoms with Gasteiger partial charge >= 0.3 is 12.0 Å². The molecular weight excluding hydrogens is 254 g/mol. The van der Waals surface area contributed by atoms with Gasteiger partial charge < -0.3 is 15.3 Å². The van der Waals surface area contributed by atoms with E-state index in [2.05, 4.69) is 10.3 Å². The van der Waals surface area contributed by atoms with E-state index < -0.39 is 11.9 Å². The first kappa shape index (κ1) is 14.4. The van der Waals surface area contributed by atoms with E-state index in [0.717, 1.165) is 9.88 Å². The Kier molecular flexibility index (Phi) is 5.08. The molecule has 7 heteroatoms. The summed E-state index contributed by atoms with van der Waals surface area (Å²) in [4.78, 5) is 28.9. The maximum Gasteiger partial charge on any atom is 0.317 e. The molecule has 100 valence electrons. The van der Waals surface area contributed by atoms with Gasteiger partial charge in [0.05, 0.1) is 12.5 Å². The Balaban J connectivity index is 2.38. The smallest absolute Gasteiger partial charge is 0.317 e. The molecule has 1 unspecified atom stereocenters. The minimum atomic E-state index is -0.912. The second kappa shape index (κ2) is 6.34. The van der Waals surface area contributed by atoms with Crippen LogP contribution < -0.4 is 5.32 Å². The van der Waals surface area contributed by atoms with Gasteiger partial charge in [-0.2, -0.15) is 0 Å². The summed E-state index contributed by atoms with van der Waals surface area (Å²) in [6.07, 6.45) is 1.75. The lowest BCUT2D eigenvalue weighted by Crippen LogP contribution is -2.40. The summed E-state index contributed by atoms with van der Waals surface area (Å²) in [6, 6.07) is -0.295. The van der Waals surface area contributed by atoms with E-state index >= 15 is 0 Å². The first-order chi connectivity index (χ1) is 8.40. The summed E-state index contributed by atoms with van der Waals surface area (Å²) < 4.78 is 0. The van der Waals surface area contributed by atoms with Crippen LogP contribution in [-0.2, 0) is 11.3 Å². The van der Waals surface area contributed by atoms with Crippen LogP contribution in [0.5, 0.6) is 0 Å². The molecule has 6 nitrogen and oxygen atoms in total. The van der Waals surface area contributed by atoms with E-state index in [1.807, 2.05) is 6.92 Å². The zero-order chi connectivity index (χ0) is 13.7. The number of carbonyl (C=O) groups excluding carboxylic acids is 1. The lowest BCUT2D eigenvalue weighted by molar-refractivity contribution is -0.141. The Morgan fingerprint density at radius 3 is 2.78 bits per heavy atom. The number of aliphatic carboxylic acids is 1. The molecule has 0 bridgehead atoms. The summed E-state index contributed by atoms with van der Waals surface area (Å²) in [5, 5.41) is 12.3. The Bertz CT molecular complexity index is 433. The number of rotatable bonds is 5. The number of nitrogens with one attached hydrogen (secondary N) is 1. The third-order valence-electron chi connectivity index (χ3n) is 2.38. The maximum absolute atomic E-state index is 11.7. The van der Waals surface area contributed by atoms with Crippen LogP contribution in [0.4, 0.5) is 4.79 Å². The summed E-state index contributed by atoms with van der Waals surface area (Å²) in [6.45, 7) is 4.06. The summed E-state index contributed by atoms with van der Waals surface area (Å²) in [5.41, 5.74) is 0. The molecule has 1 aromatic heterocycles. The van der Waals surface area contributed by atoms with Crippen molar-refractivity contribution in [3.8, 4) is 0 Å². The molecule has 1 rings (SSSR count). The van der Waals surface area contributed by atoms with Crippen molar-refractivity contribution >= 4 is 23.3 Å². The van der Waals surface area contributed by atoms with E-state index in [1.165, 1.54) is 16.2 Å². The van der Waals surface area contributed by atoms with E-state index in [1.54, 1.807) is 20.2 Å². The van der Waals surface area contributed by atoms with Gasteiger partial charge in [0, 0.05) is 24.7 Å². The molecule has 0 saturated heterocycles. The number of thiazole rings is 1. The first-order valence-electron chi connectivity index (χ1n) is 5.53. The number of carboxylic acid groups (broad SMARTS) is 1. The number of hydrogen-bond donors (Lipinski definition) is 2.